The van der Waals surface area contributed by atoms with Crippen LogP contribution >= 0.6 is 23.4 Å². The Kier molecular flexibility index (Phi) is 7.12. The highest BCUT2D eigenvalue weighted by Crippen LogP contribution is 2.30. The highest BCUT2D eigenvalue weighted by molar-refractivity contribution is 7.98. The molecule has 0 bridgehead atoms. The third-order valence-electron chi connectivity index (χ3n) is 6.49. The van der Waals surface area contributed by atoms with E-state index in [4.69, 9.17) is 20.4 Å². The van der Waals surface area contributed by atoms with E-state index in [0.717, 1.165) is 16.9 Å². The lowest BCUT2D eigenvalue weighted by molar-refractivity contribution is 0.0741. The maximum atomic E-state index is 13.1. The van der Waals surface area contributed by atoms with Crippen LogP contribution in [0.3, 0.4) is 0 Å². The van der Waals surface area contributed by atoms with Gasteiger partial charge in [-0.1, -0.05) is 47.6 Å². The zero-order chi connectivity index (χ0) is 26.8. The van der Waals surface area contributed by atoms with Crippen LogP contribution in [0.25, 0.3) is 17.3 Å². The van der Waals surface area contributed by atoms with Gasteiger partial charge in [0.05, 0.1) is 28.4 Å². The molecule has 1 aliphatic heterocycles. The maximum Gasteiger partial charge on any atom is 0.275 e. The molecule has 6 rings (SSSR count). The van der Waals surface area contributed by atoms with E-state index in [1.165, 1.54) is 18.0 Å². The Morgan fingerprint density at radius 2 is 1.85 bits per heavy atom. The van der Waals surface area contributed by atoms with Crippen molar-refractivity contribution < 1.29 is 13.6 Å². The summed E-state index contributed by atoms with van der Waals surface area (Å²) in [6.45, 7) is 4.59. The lowest BCUT2D eigenvalue weighted by Crippen LogP contribution is -2.49. The first kappa shape index (κ1) is 25.3. The van der Waals surface area contributed by atoms with Gasteiger partial charge in [0.25, 0.3) is 5.91 Å². The first-order valence-corrected chi connectivity index (χ1v) is 13.9. The van der Waals surface area contributed by atoms with E-state index in [-0.39, 0.29) is 5.91 Å². The van der Waals surface area contributed by atoms with Gasteiger partial charge >= 0.3 is 0 Å². The molecule has 0 spiro atoms. The van der Waals surface area contributed by atoms with E-state index in [1.807, 2.05) is 66.1 Å². The number of amides is 1. The average Bonchev–Trinajstić information content (AvgIpc) is 3.73. The molecule has 1 fully saturated rings. The second-order valence-corrected chi connectivity index (χ2v) is 10.5. The summed E-state index contributed by atoms with van der Waals surface area (Å²) in [7, 11) is 0. The number of hydrogen-bond acceptors (Lipinski definition) is 8. The number of nitrogens with zero attached hydrogens (tertiary/aromatic N) is 6. The topological polar surface area (TPSA) is 93.4 Å². The fourth-order valence-corrected chi connectivity index (χ4v) is 5.61. The van der Waals surface area contributed by atoms with Gasteiger partial charge < -0.3 is 18.6 Å². The van der Waals surface area contributed by atoms with Gasteiger partial charge in [0, 0.05) is 26.2 Å². The van der Waals surface area contributed by atoms with Crippen LogP contribution in [0, 0.1) is 6.92 Å². The molecule has 4 heterocycles. The molecule has 0 unspecified atom stereocenters. The fourth-order valence-electron chi connectivity index (χ4n) is 4.55. The van der Waals surface area contributed by atoms with Crippen LogP contribution in [0.5, 0.6) is 0 Å². The molecule has 0 radical (unpaired) electrons. The van der Waals surface area contributed by atoms with Crippen molar-refractivity contribution in [2.24, 2.45) is 0 Å². The minimum atomic E-state index is -0.142. The number of benzene rings is 2. The van der Waals surface area contributed by atoms with Crippen molar-refractivity contribution >= 4 is 35.0 Å². The number of halogens is 1. The average molecular weight is 561 g/mol. The lowest BCUT2D eigenvalue weighted by atomic mass is 10.2. The molecular formula is C28H25ClN6O3S. The zero-order valence-electron chi connectivity index (χ0n) is 21.2. The number of aromatic nitrogens is 4. The quantitative estimate of drug-likeness (QED) is 0.233. The van der Waals surface area contributed by atoms with Crippen LogP contribution in [0.15, 0.2) is 87.2 Å². The van der Waals surface area contributed by atoms with Crippen LogP contribution < -0.4 is 4.90 Å². The maximum absolute atomic E-state index is 13.1. The molecule has 0 aliphatic carbocycles. The third-order valence-corrected chi connectivity index (χ3v) is 7.72. The van der Waals surface area contributed by atoms with Gasteiger partial charge in [-0.3, -0.25) is 9.36 Å². The second-order valence-electron chi connectivity index (χ2n) is 9.10. The molecule has 9 nitrogen and oxygen atoms in total. The molecule has 2 aromatic carbocycles. The molecule has 0 N–H and O–H groups in total. The van der Waals surface area contributed by atoms with Crippen molar-refractivity contribution in [3.63, 3.8) is 0 Å². The number of thioether (sulfide) groups is 1. The highest BCUT2D eigenvalue weighted by atomic mass is 35.5. The summed E-state index contributed by atoms with van der Waals surface area (Å²) in [6.07, 6.45) is 3.04. The van der Waals surface area contributed by atoms with E-state index < -0.39 is 0 Å². The largest absolute Gasteiger partial charge is 0.461 e. The molecular weight excluding hydrogens is 536 g/mol. The van der Waals surface area contributed by atoms with Crippen molar-refractivity contribution in [3.05, 3.63) is 95.4 Å². The zero-order valence-corrected chi connectivity index (χ0v) is 22.7. The Morgan fingerprint density at radius 1 is 1.00 bits per heavy atom. The monoisotopic (exact) mass is 560 g/mol. The SMILES string of the molecule is Cc1cccc(-n2c(SCc3nc(C(=O)N4CCN(c5ccccc5Cl)CC4)co3)nnc2-c2ccco2)c1. The molecule has 5 aromatic rings. The number of piperazine rings is 1. The number of aryl methyl sites for hydroxylation is 1. The molecule has 39 heavy (non-hydrogen) atoms. The number of para-hydroxylation sites is 1. The Morgan fingerprint density at radius 3 is 2.62 bits per heavy atom. The fraction of sp³-hybridized carbons (Fsp3) is 0.214. The summed E-state index contributed by atoms with van der Waals surface area (Å²) in [4.78, 5) is 21.6. The Hall–Kier alpha value is -4.02. The van der Waals surface area contributed by atoms with E-state index in [1.54, 1.807) is 11.2 Å². The summed E-state index contributed by atoms with van der Waals surface area (Å²) in [5.41, 5.74) is 3.33. The number of oxazole rings is 1. The summed E-state index contributed by atoms with van der Waals surface area (Å²) < 4.78 is 13.2. The Labute approximate surface area is 234 Å². The van der Waals surface area contributed by atoms with Crippen LogP contribution in [-0.2, 0) is 5.75 Å². The standard InChI is InChI=1S/C28H25ClN6O3S/c1-19-6-4-7-20(16-19)35-26(24-10-5-15-37-24)31-32-28(35)39-18-25-30-22(17-38-25)27(36)34-13-11-33(12-14-34)23-9-3-2-8-21(23)29/h2-10,15-17H,11-14,18H2,1H3. The predicted molar refractivity (Wildman–Crippen MR) is 149 cm³/mol. The van der Waals surface area contributed by atoms with E-state index >= 15 is 0 Å². The van der Waals surface area contributed by atoms with Crippen LogP contribution in [0.1, 0.15) is 21.9 Å². The van der Waals surface area contributed by atoms with E-state index in [2.05, 4.69) is 26.1 Å². The molecule has 0 atom stereocenters. The third kappa shape index (κ3) is 5.30. The highest BCUT2D eigenvalue weighted by Gasteiger charge is 2.26. The van der Waals surface area contributed by atoms with E-state index in [0.29, 0.717) is 65.3 Å². The van der Waals surface area contributed by atoms with Gasteiger partial charge in [-0.2, -0.15) is 0 Å². The minimum absolute atomic E-state index is 0.142. The number of carbonyl (C=O) groups excluding carboxylic acids is 1. The molecule has 1 aliphatic rings. The van der Waals surface area contributed by atoms with Crippen molar-refractivity contribution in [1.29, 1.82) is 0 Å². The van der Waals surface area contributed by atoms with Crippen LogP contribution in [0.4, 0.5) is 5.69 Å². The first-order valence-electron chi connectivity index (χ1n) is 12.5. The number of carbonyl (C=O) groups is 1. The van der Waals surface area contributed by atoms with Crippen molar-refractivity contribution in [2.75, 3.05) is 31.1 Å². The van der Waals surface area contributed by atoms with Crippen molar-refractivity contribution in [2.45, 2.75) is 17.8 Å². The predicted octanol–water partition coefficient (Wildman–Crippen LogP) is 5.73. The molecule has 1 saturated heterocycles. The smallest absolute Gasteiger partial charge is 0.275 e. The molecule has 11 heteroatoms. The second kappa shape index (κ2) is 11.0. The van der Waals surface area contributed by atoms with Gasteiger partial charge in [0.2, 0.25) is 11.7 Å². The number of anilines is 1. The van der Waals surface area contributed by atoms with Gasteiger partial charge in [-0.25, -0.2) is 4.98 Å². The summed E-state index contributed by atoms with van der Waals surface area (Å²) in [5.74, 6) is 1.91. The normalized spacial score (nSPS) is 13.7. The molecule has 1 amide bonds. The van der Waals surface area contributed by atoms with Crippen molar-refractivity contribution in [1.82, 2.24) is 24.6 Å². The molecule has 3 aromatic heterocycles. The number of furan rings is 1. The molecule has 198 valence electrons. The van der Waals surface area contributed by atoms with Crippen LogP contribution in [-0.4, -0.2) is 56.7 Å². The summed E-state index contributed by atoms with van der Waals surface area (Å²) in [5, 5.41) is 10.2. The van der Waals surface area contributed by atoms with Crippen LogP contribution in [0.2, 0.25) is 5.02 Å². The van der Waals surface area contributed by atoms with E-state index in [9.17, 15) is 4.79 Å². The summed E-state index contributed by atoms with van der Waals surface area (Å²) >= 11 is 7.77. The van der Waals surface area contributed by atoms with Gasteiger partial charge in [-0.05, 0) is 48.9 Å². The van der Waals surface area contributed by atoms with Gasteiger partial charge in [0.1, 0.15) is 6.26 Å². The van der Waals surface area contributed by atoms with Crippen molar-refractivity contribution in [3.8, 4) is 17.3 Å². The first-order chi connectivity index (χ1) is 19.1. The lowest BCUT2D eigenvalue weighted by Gasteiger charge is -2.36. The summed E-state index contributed by atoms with van der Waals surface area (Å²) in [6, 6.07) is 19.5. The minimum Gasteiger partial charge on any atom is -0.461 e. The number of rotatable bonds is 7. The van der Waals surface area contributed by atoms with Gasteiger partial charge in [0.15, 0.2) is 16.6 Å². The Bertz CT molecular complexity index is 1590. The molecule has 0 saturated carbocycles. The number of hydrogen-bond donors (Lipinski definition) is 0. The van der Waals surface area contributed by atoms with Gasteiger partial charge in [-0.15, -0.1) is 10.2 Å². The Balaban J connectivity index is 1.13.